The Morgan fingerprint density at radius 2 is 1.86 bits per heavy atom. The SMILES string of the molecule is CCC(CC)Nc1nc(NC2CCCC2)nc2c1ncn2[C@@H]1O[C@H](c2nc(C)no2)[C@@H](O)[C@H]1O.O=CO. The lowest BCUT2D eigenvalue weighted by Gasteiger charge is -2.19. The van der Waals surface area contributed by atoms with Crippen molar-refractivity contribution in [3.63, 3.8) is 0 Å². The van der Waals surface area contributed by atoms with E-state index in [2.05, 4.69) is 39.6 Å². The van der Waals surface area contributed by atoms with Crippen LogP contribution < -0.4 is 10.6 Å². The monoisotopic (exact) mass is 518 g/mol. The first-order valence-corrected chi connectivity index (χ1v) is 12.6. The van der Waals surface area contributed by atoms with Crippen molar-refractivity contribution >= 4 is 29.4 Å². The molecule has 0 aromatic carbocycles. The zero-order valence-electron chi connectivity index (χ0n) is 21.1. The van der Waals surface area contributed by atoms with Crippen molar-refractivity contribution in [1.29, 1.82) is 0 Å². The van der Waals surface area contributed by atoms with Gasteiger partial charge >= 0.3 is 0 Å². The molecular formula is C23H34N8O6. The van der Waals surface area contributed by atoms with E-state index >= 15 is 0 Å². The third kappa shape index (κ3) is 5.65. The molecule has 0 spiro atoms. The highest BCUT2D eigenvalue weighted by atomic mass is 16.6. The van der Waals surface area contributed by atoms with Gasteiger partial charge in [0.2, 0.25) is 5.95 Å². The number of aliphatic hydroxyl groups is 2. The maximum Gasteiger partial charge on any atom is 0.290 e. The van der Waals surface area contributed by atoms with Gasteiger partial charge in [0.1, 0.15) is 12.2 Å². The molecule has 1 saturated heterocycles. The van der Waals surface area contributed by atoms with Crippen molar-refractivity contribution < 1.29 is 29.4 Å². The summed E-state index contributed by atoms with van der Waals surface area (Å²) < 4.78 is 12.8. The van der Waals surface area contributed by atoms with E-state index in [-0.39, 0.29) is 18.4 Å². The molecule has 4 heterocycles. The molecule has 5 N–H and O–H groups in total. The summed E-state index contributed by atoms with van der Waals surface area (Å²) in [5.74, 6) is 1.68. The van der Waals surface area contributed by atoms with Gasteiger partial charge < -0.3 is 35.2 Å². The number of aromatic nitrogens is 6. The van der Waals surface area contributed by atoms with Gasteiger partial charge in [-0.1, -0.05) is 31.8 Å². The molecule has 14 nitrogen and oxygen atoms in total. The first kappa shape index (κ1) is 26.7. The number of imidazole rings is 1. The maximum atomic E-state index is 10.8. The summed E-state index contributed by atoms with van der Waals surface area (Å²) in [6.07, 6.45) is 3.58. The predicted octanol–water partition coefficient (Wildman–Crippen LogP) is 2.17. The van der Waals surface area contributed by atoms with E-state index in [0.29, 0.717) is 34.8 Å². The first-order chi connectivity index (χ1) is 17.9. The van der Waals surface area contributed by atoms with Gasteiger partial charge in [-0.05, 0) is 32.6 Å². The number of ether oxygens (including phenoxy) is 1. The highest BCUT2D eigenvalue weighted by molar-refractivity contribution is 5.84. The largest absolute Gasteiger partial charge is 0.483 e. The smallest absolute Gasteiger partial charge is 0.290 e. The van der Waals surface area contributed by atoms with Gasteiger partial charge in [-0.3, -0.25) is 9.36 Å². The number of nitrogens with one attached hydrogen (secondary N) is 2. The number of hydrogen-bond donors (Lipinski definition) is 5. The summed E-state index contributed by atoms with van der Waals surface area (Å²) in [4.78, 5) is 26.5. The van der Waals surface area contributed by atoms with Gasteiger partial charge in [-0.15, -0.1) is 0 Å². The Balaban J connectivity index is 0.00000102. The summed E-state index contributed by atoms with van der Waals surface area (Å²) in [5.41, 5.74) is 1.08. The second-order valence-corrected chi connectivity index (χ2v) is 9.22. The third-order valence-electron chi connectivity index (χ3n) is 6.74. The first-order valence-electron chi connectivity index (χ1n) is 12.6. The van der Waals surface area contributed by atoms with Gasteiger partial charge in [-0.2, -0.15) is 15.0 Å². The number of aliphatic hydroxyl groups excluding tert-OH is 2. The molecule has 2 aliphatic rings. The molecule has 4 atom stereocenters. The normalized spacial score (nSPS) is 23.8. The van der Waals surface area contributed by atoms with Crippen LogP contribution in [0.2, 0.25) is 0 Å². The number of carboxylic acid groups (broad SMARTS) is 1. The van der Waals surface area contributed by atoms with Gasteiger partial charge in [0, 0.05) is 12.1 Å². The van der Waals surface area contributed by atoms with E-state index in [1.807, 2.05) is 0 Å². The number of aryl methyl sites for hydroxylation is 1. The minimum absolute atomic E-state index is 0.116. The number of hydrogen-bond acceptors (Lipinski definition) is 12. The molecule has 1 saturated carbocycles. The van der Waals surface area contributed by atoms with Crippen LogP contribution in [0, 0.1) is 6.92 Å². The van der Waals surface area contributed by atoms with Crippen LogP contribution in [0.4, 0.5) is 11.8 Å². The molecule has 202 valence electrons. The summed E-state index contributed by atoms with van der Waals surface area (Å²) in [5, 5.41) is 39.1. The molecule has 1 aliphatic heterocycles. The highest BCUT2D eigenvalue weighted by Gasteiger charge is 2.47. The van der Waals surface area contributed by atoms with Crippen molar-refractivity contribution in [2.75, 3.05) is 10.6 Å². The summed E-state index contributed by atoms with van der Waals surface area (Å²) >= 11 is 0. The van der Waals surface area contributed by atoms with Crippen LogP contribution in [0.15, 0.2) is 10.9 Å². The number of rotatable bonds is 8. The Morgan fingerprint density at radius 1 is 1.16 bits per heavy atom. The van der Waals surface area contributed by atoms with Crippen molar-refractivity contribution in [3.8, 4) is 0 Å². The minimum Gasteiger partial charge on any atom is -0.483 e. The van der Waals surface area contributed by atoms with E-state index in [1.54, 1.807) is 17.8 Å². The maximum absolute atomic E-state index is 10.8. The molecule has 2 fully saturated rings. The minimum atomic E-state index is -1.25. The molecule has 0 radical (unpaired) electrons. The molecule has 0 amide bonds. The average molecular weight is 519 g/mol. The Kier molecular flexibility index (Phi) is 8.51. The fraction of sp³-hybridized carbons (Fsp3) is 0.652. The second-order valence-electron chi connectivity index (χ2n) is 9.22. The van der Waals surface area contributed by atoms with Crippen LogP contribution in [0.3, 0.4) is 0 Å². The molecule has 3 aromatic rings. The summed E-state index contributed by atoms with van der Waals surface area (Å²) in [6, 6.07) is 0.568. The van der Waals surface area contributed by atoms with Gasteiger partial charge in [0.15, 0.2) is 35.1 Å². The molecule has 14 heteroatoms. The molecule has 0 bridgehead atoms. The Hall–Kier alpha value is -3.36. The van der Waals surface area contributed by atoms with Crippen molar-refractivity contribution in [2.45, 2.75) is 95.9 Å². The number of nitrogens with zero attached hydrogens (tertiary/aromatic N) is 6. The zero-order valence-corrected chi connectivity index (χ0v) is 21.1. The fourth-order valence-corrected chi connectivity index (χ4v) is 4.73. The van der Waals surface area contributed by atoms with Gasteiger partial charge in [0.25, 0.3) is 12.4 Å². The number of anilines is 2. The average Bonchev–Trinajstić information content (AvgIpc) is 3.68. The lowest BCUT2D eigenvalue weighted by atomic mass is 10.1. The van der Waals surface area contributed by atoms with Crippen LogP contribution >= 0.6 is 0 Å². The molecular weight excluding hydrogens is 484 g/mol. The van der Waals surface area contributed by atoms with E-state index in [9.17, 15) is 10.2 Å². The lowest BCUT2D eigenvalue weighted by Crippen LogP contribution is -2.29. The number of carbonyl (C=O) groups is 1. The van der Waals surface area contributed by atoms with Crippen molar-refractivity contribution in [1.82, 2.24) is 29.7 Å². The van der Waals surface area contributed by atoms with Crippen molar-refractivity contribution in [3.05, 3.63) is 18.0 Å². The molecule has 5 rings (SSSR count). The van der Waals surface area contributed by atoms with Gasteiger partial charge in [0.05, 0.1) is 6.33 Å². The Bertz CT molecular complexity index is 1180. The standard InChI is InChI=1S/C22H32N8O4.CH2O2/c1-4-12(5-2)25-18-14-19(28-22(27-18)26-13-8-6-7-9-13)30(10-23-14)21-16(32)15(31)17(33-21)20-24-11(3)29-34-20;2-1-3/h10,12-13,15-17,21,31-32H,4-9H2,1-3H3,(H2,25,26,27,28);1H,(H,2,3)/t15-,16+,17-,21+;/m0./s1. The van der Waals surface area contributed by atoms with E-state index < -0.39 is 24.5 Å². The van der Waals surface area contributed by atoms with Crippen LogP contribution in [-0.4, -0.2) is 75.7 Å². The Labute approximate surface area is 213 Å². The van der Waals surface area contributed by atoms with E-state index in [0.717, 1.165) is 25.7 Å². The van der Waals surface area contributed by atoms with E-state index in [4.69, 9.17) is 29.1 Å². The second kappa shape index (κ2) is 11.8. The van der Waals surface area contributed by atoms with Crippen LogP contribution in [0.25, 0.3) is 11.2 Å². The molecule has 1 aliphatic carbocycles. The quantitative estimate of drug-likeness (QED) is 0.273. The molecule has 0 unspecified atom stereocenters. The fourth-order valence-electron chi connectivity index (χ4n) is 4.73. The number of fused-ring (bicyclic) bond motifs is 1. The third-order valence-corrected chi connectivity index (χ3v) is 6.74. The zero-order chi connectivity index (χ0) is 26.5. The molecule has 37 heavy (non-hydrogen) atoms. The van der Waals surface area contributed by atoms with Crippen LogP contribution in [0.5, 0.6) is 0 Å². The topological polar surface area (TPSA) is 194 Å². The lowest BCUT2D eigenvalue weighted by molar-refractivity contribution is -0.122. The summed E-state index contributed by atoms with van der Waals surface area (Å²) in [7, 11) is 0. The van der Waals surface area contributed by atoms with E-state index in [1.165, 1.54) is 12.8 Å². The van der Waals surface area contributed by atoms with Crippen LogP contribution in [-0.2, 0) is 9.53 Å². The summed E-state index contributed by atoms with van der Waals surface area (Å²) in [6.45, 7) is 5.68. The Morgan fingerprint density at radius 3 is 2.49 bits per heavy atom. The molecule has 3 aromatic heterocycles. The van der Waals surface area contributed by atoms with Crippen LogP contribution in [0.1, 0.15) is 76.4 Å². The van der Waals surface area contributed by atoms with Crippen molar-refractivity contribution in [2.24, 2.45) is 0 Å². The highest BCUT2D eigenvalue weighted by Crippen LogP contribution is 2.39. The predicted molar refractivity (Wildman–Crippen MR) is 132 cm³/mol. The van der Waals surface area contributed by atoms with Gasteiger partial charge in [-0.25, -0.2) is 4.98 Å².